The van der Waals surface area contributed by atoms with Crippen molar-refractivity contribution in [1.82, 2.24) is 0 Å². The average Bonchev–Trinajstić information content (AvgIpc) is 2.98. The third-order valence-electron chi connectivity index (χ3n) is 1.29. The van der Waals surface area contributed by atoms with Crippen molar-refractivity contribution in [2.75, 3.05) is 0 Å². The van der Waals surface area contributed by atoms with Gasteiger partial charge in [-0.3, -0.25) is 0 Å². The van der Waals surface area contributed by atoms with E-state index in [1.807, 2.05) is 13.8 Å². The van der Waals surface area contributed by atoms with E-state index < -0.39 is 29.8 Å². The van der Waals surface area contributed by atoms with Crippen LogP contribution in [0.1, 0.15) is 13.8 Å². The van der Waals surface area contributed by atoms with E-state index in [9.17, 15) is 24.0 Å². The average molecular weight is 324 g/mol. The van der Waals surface area contributed by atoms with Crippen LogP contribution in [0.2, 0.25) is 0 Å². The number of esters is 4. The maximum Gasteiger partial charge on any atom is 0.338 e. The van der Waals surface area contributed by atoms with Crippen molar-refractivity contribution in [3.8, 4) is 0 Å². The van der Waals surface area contributed by atoms with Crippen molar-refractivity contribution >= 4 is 29.8 Å². The second kappa shape index (κ2) is 12.5. The number of hydrogen-bond acceptors (Lipinski definition) is 7. The van der Waals surface area contributed by atoms with Gasteiger partial charge in [0, 0.05) is 30.4 Å². The summed E-state index contributed by atoms with van der Waals surface area (Å²) >= 11 is 0. The molecule has 0 atom stereocenters. The summed E-state index contributed by atoms with van der Waals surface area (Å²) in [6.45, 7) is 10.5. The first-order chi connectivity index (χ1) is 10.6. The van der Waals surface area contributed by atoms with E-state index >= 15 is 0 Å². The van der Waals surface area contributed by atoms with Gasteiger partial charge in [-0.1, -0.05) is 12.2 Å². The molecule has 23 heavy (non-hydrogen) atoms. The van der Waals surface area contributed by atoms with Gasteiger partial charge in [-0.05, 0) is 13.8 Å². The highest BCUT2D eigenvalue weighted by Crippen LogP contribution is 1.93. The van der Waals surface area contributed by atoms with E-state index in [0.717, 1.165) is 30.4 Å². The van der Waals surface area contributed by atoms with Gasteiger partial charge in [-0.25, -0.2) is 24.0 Å². The maximum absolute atomic E-state index is 9.92. The molecule has 2 aliphatic heterocycles. The van der Waals surface area contributed by atoms with Gasteiger partial charge in [0.05, 0.1) is 0 Å². The van der Waals surface area contributed by atoms with Crippen LogP contribution < -0.4 is 0 Å². The molecule has 2 rings (SSSR count). The fourth-order valence-electron chi connectivity index (χ4n) is 0.607. The highest BCUT2D eigenvalue weighted by molar-refractivity contribution is 6.05. The molecule has 0 aliphatic carbocycles. The molecule has 0 amide bonds. The molecule has 0 aromatic heterocycles. The molecule has 8 nitrogen and oxygen atoms in total. The standard InChI is InChI=1S/2C4H2O3.C4H8.C3H4O2/c2*5-3-1-2-4(6)7-3;1-4(2)3;1-2-3(4)5/h2*1-2H;1H2,2-3H3;2H,1H2,(H,4,5). The zero-order valence-corrected chi connectivity index (χ0v) is 12.6. The van der Waals surface area contributed by atoms with Crippen molar-refractivity contribution < 1.29 is 38.6 Å². The minimum absolute atomic E-state index is 0.579. The highest BCUT2D eigenvalue weighted by Gasteiger charge is 2.10. The minimum atomic E-state index is -0.981. The van der Waals surface area contributed by atoms with Crippen LogP contribution in [0.4, 0.5) is 0 Å². The topological polar surface area (TPSA) is 124 Å². The molecule has 0 saturated heterocycles. The summed E-state index contributed by atoms with van der Waals surface area (Å²) in [4.78, 5) is 48.9. The van der Waals surface area contributed by atoms with Gasteiger partial charge in [-0.2, -0.15) is 0 Å². The van der Waals surface area contributed by atoms with Crippen LogP contribution in [0.15, 0.2) is 49.1 Å². The maximum atomic E-state index is 9.92. The molecule has 8 heteroatoms. The Morgan fingerprint density at radius 3 is 1.13 bits per heavy atom. The number of carboxylic acids is 1. The number of rotatable bonds is 1. The van der Waals surface area contributed by atoms with Gasteiger partial charge >= 0.3 is 29.8 Å². The summed E-state index contributed by atoms with van der Waals surface area (Å²) < 4.78 is 7.94. The van der Waals surface area contributed by atoms with E-state index in [1.165, 1.54) is 5.57 Å². The number of aliphatic carboxylic acids is 1. The fraction of sp³-hybridized carbons (Fsp3) is 0.133. The first kappa shape index (κ1) is 22.0. The summed E-state index contributed by atoms with van der Waals surface area (Å²) in [6.07, 6.45) is 5.18. The van der Waals surface area contributed by atoms with Crippen molar-refractivity contribution in [3.63, 3.8) is 0 Å². The van der Waals surface area contributed by atoms with Gasteiger partial charge in [0.1, 0.15) is 0 Å². The van der Waals surface area contributed by atoms with E-state index in [-0.39, 0.29) is 0 Å². The molecule has 0 radical (unpaired) electrons. The van der Waals surface area contributed by atoms with E-state index in [0.29, 0.717) is 0 Å². The monoisotopic (exact) mass is 324 g/mol. The Hall–Kier alpha value is -3.29. The third kappa shape index (κ3) is 18.7. The Balaban J connectivity index is 0. The molecule has 0 aromatic rings. The van der Waals surface area contributed by atoms with Crippen LogP contribution in [0.5, 0.6) is 0 Å². The zero-order chi connectivity index (χ0) is 18.4. The molecule has 0 fully saturated rings. The molecule has 0 bridgehead atoms. The smallest absolute Gasteiger partial charge is 0.338 e. The van der Waals surface area contributed by atoms with Crippen LogP contribution in [0, 0.1) is 0 Å². The summed E-state index contributed by atoms with van der Waals surface area (Å²) in [5.74, 6) is -3.30. The predicted octanol–water partition coefficient (Wildman–Crippen LogP) is 1.09. The van der Waals surface area contributed by atoms with Crippen molar-refractivity contribution in [2.45, 2.75) is 13.8 Å². The molecule has 124 valence electrons. The third-order valence-corrected chi connectivity index (χ3v) is 1.29. The summed E-state index contributed by atoms with van der Waals surface area (Å²) in [5, 5.41) is 7.60. The quantitative estimate of drug-likeness (QED) is 0.329. The van der Waals surface area contributed by atoms with E-state index in [2.05, 4.69) is 22.6 Å². The lowest BCUT2D eigenvalue weighted by molar-refractivity contribution is -0.151. The molecule has 0 unspecified atom stereocenters. The second-order valence-corrected chi connectivity index (χ2v) is 3.90. The Morgan fingerprint density at radius 1 is 0.913 bits per heavy atom. The number of carbonyl (C=O) groups is 5. The Labute approximate surface area is 132 Å². The summed E-state index contributed by atoms with van der Waals surface area (Å²) in [7, 11) is 0. The Bertz CT molecular complexity index is 494. The number of hydrogen-bond donors (Lipinski definition) is 1. The second-order valence-electron chi connectivity index (χ2n) is 3.90. The van der Waals surface area contributed by atoms with Gasteiger partial charge < -0.3 is 14.6 Å². The van der Waals surface area contributed by atoms with Crippen LogP contribution in [-0.4, -0.2) is 35.0 Å². The van der Waals surface area contributed by atoms with Gasteiger partial charge in [0.25, 0.3) is 0 Å². The van der Waals surface area contributed by atoms with E-state index in [1.54, 1.807) is 0 Å². The van der Waals surface area contributed by atoms with Crippen molar-refractivity contribution in [2.24, 2.45) is 0 Å². The Kier molecular flexibility index (Phi) is 11.9. The highest BCUT2D eigenvalue weighted by atomic mass is 16.6. The number of ether oxygens (including phenoxy) is 2. The van der Waals surface area contributed by atoms with Gasteiger partial charge in [0.15, 0.2) is 0 Å². The summed E-state index contributed by atoms with van der Waals surface area (Å²) in [5.41, 5.74) is 1.17. The predicted molar refractivity (Wildman–Crippen MR) is 78.8 cm³/mol. The number of carbonyl (C=O) groups excluding carboxylic acids is 4. The van der Waals surface area contributed by atoms with Crippen LogP contribution >= 0.6 is 0 Å². The Morgan fingerprint density at radius 2 is 1.09 bits per heavy atom. The van der Waals surface area contributed by atoms with Gasteiger partial charge in [0.2, 0.25) is 0 Å². The normalized spacial score (nSPS) is 13.3. The lowest BCUT2D eigenvalue weighted by Gasteiger charge is -1.80. The molecule has 0 aromatic carbocycles. The van der Waals surface area contributed by atoms with Crippen LogP contribution in [0.3, 0.4) is 0 Å². The number of allylic oxidation sites excluding steroid dienone is 1. The van der Waals surface area contributed by atoms with Crippen molar-refractivity contribution in [3.05, 3.63) is 49.1 Å². The molecule has 0 spiro atoms. The lowest BCUT2D eigenvalue weighted by atomic mass is 10.4. The molecule has 2 aliphatic rings. The number of cyclic esters (lactones) is 4. The largest absolute Gasteiger partial charge is 0.478 e. The minimum Gasteiger partial charge on any atom is -0.478 e. The van der Waals surface area contributed by atoms with E-state index in [4.69, 9.17) is 5.11 Å². The summed E-state index contributed by atoms with van der Waals surface area (Å²) in [6, 6.07) is 0. The zero-order valence-electron chi connectivity index (χ0n) is 12.6. The molecule has 1 N–H and O–H groups in total. The lowest BCUT2D eigenvalue weighted by Crippen LogP contribution is -1.96. The van der Waals surface area contributed by atoms with Crippen molar-refractivity contribution in [1.29, 1.82) is 0 Å². The molecular formula is C15H16O8. The fourth-order valence-corrected chi connectivity index (χ4v) is 0.607. The molecule has 0 saturated carbocycles. The molecular weight excluding hydrogens is 308 g/mol. The SMILES string of the molecule is C=C(C)C.C=CC(=O)O.O=C1C=CC(=O)O1.O=C1C=CC(=O)O1. The van der Waals surface area contributed by atoms with Crippen LogP contribution in [0.25, 0.3) is 0 Å². The molecule has 2 heterocycles. The van der Waals surface area contributed by atoms with Crippen LogP contribution in [-0.2, 0) is 33.4 Å². The van der Waals surface area contributed by atoms with Gasteiger partial charge in [-0.15, -0.1) is 6.58 Å². The first-order valence-electron chi connectivity index (χ1n) is 5.93. The first-order valence-corrected chi connectivity index (χ1v) is 5.93. The number of carboxylic acid groups (broad SMARTS) is 1.